The van der Waals surface area contributed by atoms with Crippen molar-refractivity contribution in [2.75, 3.05) is 10.6 Å². The molecule has 38 heavy (non-hydrogen) atoms. The SMILES string of the molecule is CC(=O)Nc1ccc(NC(=O)CC[C@@H](C)[C@H]2CC[C@H]3[C@@H]4[C@@H](O)C[C@@H]5C[C@H](O)CC[C@]5(C)[C@H]4CC[C@]23C)cc1. The standard InChI is InChI=1S/C32H48N2O4/c1-19(5-12-29(38)34-23-8-6-22(7-9-23)33-20(2)35)25-10-11-26-30-27(14-16-32(25,26)4)31(3)15-13-24(36)17-21(31)18-28(30)37/h6-9,19,21,24-28,30,36-37H,5,10-18H2,1-4H3,(H,33,35)(H,34,38)/t19-,21+,24-,25-,26+,27+,28+,30+,31+,32-/m1/s1. The third-order valence-electron chi connectivity index (χ3n) is 11.7. The number of carbonyl (C=O) groups is 2. The van der Waals surface area contributed by atoms with Crippen molar-refractivity contribution >= 4 is 23.2 Å². The first-order chi connectivity index (χ1) is 18.0. The Morgan fingerprint density at radius 3 is 2.24 bits per heavy atom. The average molecular weight is 525 g/mol. The van der Waals surface area contributed by atoms with E-state index in [2.05, 4.69) is 31.4 Å². The molecule has 5 rings (SSSR count). The van der Waals surface area contributed by atoms with Crippen LogP contribution < -0.4 is 10.6 Å². The van der Waals surface area contributed by atoms with E-state index in [4.69, 9.17) is 0 Å². The molecule has 0 bridgehead atoms. The van der Waals surface area contributed by atoms with Crippen LogP contribution in [0.25, 0.3) is 0 Å². The van der Waals surface area contributed by atoms with Crippen molar-refractivity contribution < 1.29 is 19.8 Å². The molecule has 0 aliphatic heterocycles. The van der Waals surface area contributed by atoms with Gasteiger partial charge in [0.15, 0.2) is 0 Å². The number of benzene rings is 1. The van der Waals surface area contributed by atoms with Gasteiger partial charge in [0.05, 0.1) is 12.2 Å². The molecule has 0 spiro atoms. The molecule has 1 aromatic carbocycles. The van der Waals surface area contributed by atoms with Crippen molar-refractivity contribution in [2.24, 2.45) is 46.3 Å². The Morgan fingerprint density at radius 2 is 1.55 bits per heavy atom. The predicted molar refractivity (Wildman–Crippen MR) is 150 cm³/mol. The van der Waals surface area contributed by atoms with Gasteiger partial charge in [0.25, 0.3) is 0 Å². The van der Waals surface area contributed by atoms with Crippen molar-refractivity contribution in [3.63, 3.8) is 0 Å². The smallest absolute Gasteiger partial charge is 0.224 e. The maximum absolute atomic E-state index is 12.7. The van der Waals surface area contributed by atoms with E-state index in [1.54, 1.807) is 12.1 Å². The van der Waals surface area contributed by atoms with Gasteiger partial charge in [-0.1, -0.05) is 20.8 Å². The Bertz CT molecular complexity index is 1030. The second-order valence-electron chi connectivity index (χ2n) is 13.8. The van der Waals surface area contributed by atoms with Crippen LogP contribution in [0, 0.1) is 46.3 Å². The summed E-state index contributed by atoms with van der Waals surface area (Å²) in [4.78, 5) is 24.0. The fourth-order valence-corrected chi connectivity index (χ4v) is 9.80. The van der Waals surface area contributed by atoms with E-state index < -0.39 is 0 Å². The predicted octanol–water partition coefficient (Wildman–Crippen LogP) is 5.99. The second-order valence-corrected chi connectivity index (χ2v) is 13.8. The highest BCUT2D eigenvalue weighted by Crippen LogP contribution is 2.68. The number of nitrogens with one attached hydrogen (secondary N) is 2. The molecular weight excluding hydrogens is 476 g/mol. The number of anilines is 2. The minimum Gasteiger partial charge on any atom is -0.393 e. The lowest BCUT2D eigenvalue weighted by atomic mass is 9.43. The van der Waals surface area contributed by atoms with Gasteiger partial charge in [-0.05, 0) is 128 Å². The molecule has 0 heterocycles. The molecule has 4 N–H and O–H groups in total. The first-order valence-corrected chi connectivity index (χ1v) is 15.0. The Morgan fingerprint density at radius 1 is 0.921 bits per heavy atom. The van der Waals surface area contributed by atoms with Crippen LogP contribution in [-0.2, 0) is 9.59 Å². The highest BCUT2D eigenvalue weighted by Gasteiger charge is 2.62. The van der Waals surface area contributed by atoms with Crippen LogP contribution in [0.2, 0.25) is 0 Å². The number of carbonyl (C=O) groups excluding carboxylic acids is 2. The van der Waals surface area contributed by atoms with Crippen LogP contribution >= 0.6 is 0 Å². The minimum absolute atomic E-state index is 0.0358. The van der Waals surface area contributed by atoms with Crippen molar-refractivity contribution in [1.29, 1.82) is 0 Å². The fraction of sp³-hybridized carbons (Fsp3) is 0.750. The molecule has 4 fully saturated rings. The molecule has 1 aromatic rings. The summed E-state index contributed by atoms with van der Waals surface area (Å²) in [5.41, 5.74) is 1.95. The van der Waals surface area contributed by atoms with E-state index in [0.29, 0.717) is 41.9 Å². The maximum Gasteiger partial charge on any atom is 0.224 e. The summed E-state index contributed by atoms with van der Waals surface area (Å²) in [6, 6.07) is 7.24. The Labute approximate surface area is 228 Å². The molecule has 4 aliphatic carbocycles. The van der Waals surface area contributed by atoms with E-state index >= 15 is 0 Å². The van der Waals surface area contributed by atoms with Gasteiger partial charge in [0, 0.05) is 24.7 Å². The lowest BCUT2D eigenvalue weighted by Gasteiger charge is -2.62. The average Bonchev–Trinajstić information content (AvgIpc) is 3.22. The number of amides is 2. The number of aliphatic hydroxyl groups is 2. The van der Waals surface area contributed by atoms with Crippen molar-refractivity contribution in [1.82, 2.24) is 0 Å². The molecule has 6 heteroatoms. The number of hydrogen-bond acceptors (Lipinski definition) is 4. The maximum atomic E-state index is 12.7. The van der Waals surface area contributed by atoms with E-state index in [1.807, 2.05) is 12.1 Å². The van der Waals surface area contributed by atoms with Crippen LogP contribution in [0.4, 0.5) is 11.4 Å². The van der Waals surface area contributed by atoms with E-state index in [0.717, 1.165) is 43.5 Å². The number of hydrogen-bond donors (Lipinski definition) is 4. The summed E-state index contributed by atoms with van der Waals surface area (Å²) in [6.45, 7) is 8.77. The van der Waals surface area contributed by atoms with Gasteiger partial charge in [-0.15, -0.1) is 0 Å². The highest BCUT2D eigenvalue weighted by molar-refractivity contribution is 5.92. The summed E-state index contributed by atoms with van der Waals surface area (Å²) in [5.74, 6) is 2.93. The third-order valence-corrected chi connectivity index (χ3v) is 11.7. The molecule has 210 valence electrons. The quantitative estimate of drug-likeness (QED) is 0.367. The lowest BCUT2D eigenvalue weighted by Crippen LogP contribution is -2.58. The monoisotopic (exact) mass is 524 g/mol. The Balaban J connectivity index is 1.19. The largest absolute Gasteiger partial charge is 0.393 e. The molecular formula is C32H48N2O4. The van der Waals surface area contributed by atoms with Gasteiger partial charge < -0.3 is 20.8 Å². The van der Waals surface area contributed by atoms with Gasteiger partial charge in [-0.25, -0.2) is 0 Å². The zero-order chi connectivity index (χ0) is 27.2. The molecule has 0 saturated heterocycles. The van der Waals surface area contributed by atoms with Gasteiger partial charge in [-0.3, -0.25) is 9.59 Å². The molecule has 6 nitrogen and oxygen atoms in total. The van der Waals surface area contributed by atoms with Crippen LogP contribution in [-0.4, -0.2) is 34.2 Å². The molecule has 10 atom stereocenters. The number of aliphatic hydroxyl groups excluding tert-OH is 2. The molecule has 4 saturated carbocycles. The Kier molecular flexibility index (Phi) is 7.69. The van der Waals surface area contributed by atoms with Crippen LogP contribution in [0.1, 0.15) is 91.9 Å². The van der Waals surface area contributed by atoms with Crippen molar-refractivity contribution in [2.45, 2.75) is 104 Å². The van der Waals surface area contributed by atoms with Crippen molar-refractivity contribution in [3.05, 3.63) is 24.3 Å². The van der Waals surface area contributed by atoms with Gasteiger partial charge >= 0.3 is 0 Å². The molecule has 4 aliphatic rings. The van der Waals surface area contributed by atoms with Crippen LogP contribution in [0.3, 0.4) is 0 Å². The summed E-state index contributed by atoms with van der Waals surface area (Å²) in [5, 5.41) is 27.5. The van der Waals surface area contributed by atoms with E-state index in [-0.39, 0.29) is 34.9 Å². The first-order valence-electron chi connectivity index (χ1n) is 15.0. The lowest BCUT2D eigenvalue weighted by molar-refractivity contribution is -0.174. The van der Waals surface area contributed by atoms with Crippen LogP contribution in [0.5, 0.6) is 0 Å². The van der Waals surface area contributed by atoms with Gasteiger partial charge in [0.2, 0.25) is 11.8 Å². The third kappa shape index (κ3) is 5.03. The topological polar surface area (TPSA) is 98.7 Å². The summed E-state index contributed by atoms with van der Waals surface area (Å²) in [7, 11) is 0. The zero-order valence-corrected chi connectivity index (χ0v) is 23.7. The van der Waals surface area contributed by atoms with Crippen LogP contribution in [0.15, 0.2) is 24.3 Å². The molecule has 0 radical (unpaired) electrons. The number of fused-ring (bicyclic) bond motifs is 5. The summed E-state index contributed by atoms with van der Waals surface area (Å²) < 4.78 is 0. The highest BCUT2D eigenvalue weighted by atomic mass is 16.3. The van der Waals surface area contributed by atoms with Gasteiger partial charge in [-0.2, -0.15) is 0 Å². The van der Waals surface area contributed by atoms with E-state index in [1.165, 1.54) is 32.6 Å². The minimum atomic E-state index is -0.245. The zero-order valence-electron chi connectivity index (χ0n) is 23.7. The summed E-state index contributed by atoms with van der Waals surface area (Å²) in [6.07, 6.45) is 9.47. The normalized spacial score (nSPS) is 40.8. The first kappa shape index (κ1) is 27.6. The second kappa shape index (κ2) is 10.6. The Hall–Kier alpha value is -1.92. The molecule has 0 aromatic heterocycles. The van der Waals surface area contributed by atoms with Crippen molar-refractivity contribution in [3.8, 4) is 0 Å². The number of rotatable bonds is 6. The fourth-order valence-electron chi connectivity index (χ4n) is 9.80. The molecule has 0 unspecified atom stereocenters. The molecule has 2 amide bonds. The van der Waals surface area contributed by atoms with Gasteiger partial charge in [0.1, 0.15) is 0 Å². The van der Waals surface area contributed by atoms with E-state index in [9.17, 15) is 19.8 Å². The summed E-state index contributed by atoms with van der Waals surface area (Å²) >= 11 is 0.